The molecule has 0 aliphatic carbocycles. The molecule has 98 valence electrons. The number of amides is 1. The molecule has 0 aromatic rings. The van der Waals surface area contributed by atoms with E-state index in [1.54, 1.807) is 6.92 Å². The Bertz CT molecular complexity index is 285. The molecule has 1 aliphatic rings. The monoisotopic (exact) mass is 242 g/mol. The Hall–Kier alpha value is -1.10. The van der Waals surface area contributed by atoms with E-state index in [1.807, 2.05) is 6.92 Å². The number of piperidine rings is 1. The molecule has 1 unspecified atom stereocenters. The fraction of sp³-hybridized carbons (Fsp3) is 0.833. The summed E-state index contributed by atoms with van der Waals surface area (Å²) in [6.07, 6.45) is 2.64. The van der Waals surface area contributed by atoms with Gasteiger partial charge in [0.25, 0.3) is 0 Å². The molecule has 2 N–H and O–H groups in total. The normalized spacial score (nSPS) is 26.1. The number of methoxy groups -OCH3 is 1. The van der Waals surface area contributed by atoms with Crippen molar-refractivity contribution in [3.8, 4) is 0 Å². The minimum absolute atomic E-state index is 0.0508. The predicted octanol–water partition coefficient (Wildman–Crippen LogP) is 0.444. The average molecular weight is 242 g/mol. The van der Waals surface area contributed by atoms with Gasteiger partial charge in [0.2, 0.25) is 5.91 Å². The molecule has 0 aromatic heterocycles. The average Bonchev–Trinajstić information content (AvgIpc) is 2.38. The molecule has 0 radical (unpaired) electrons. The van der Waals surface area contributed by atoms with E-state index >= 15 is 0 Å². The van der Waals surface area contributed by atoms with Crippen LogP contribution in [0.1, 0.15) is 33.1 Å². The van der Waals surface area contributed by atoms with Crippen LogP contribution in [0.5, 0.6) is 0 Å². The molecule has 0 spiro atoms. The summed E-state index contributed by atoms with van der Waals surface area (Å²) in [5, 5.41) is 5.99. The molecule has 1 heterocycles. The summed E-state index contributed by atoms with van der Waals surface area (Å²) in [7, 11) is 1.32. The van der Waals surface area contributed by atoms with Crippen molar-refractivity contribution in [3.63, 3.8) is 0 Å². The maximum absolute atomic E-state index is 12.2. The second-order valence-corrected chi connectivity index (χ2v) is 4.63. The minimum Gasteiger partial charge on any atom is -0.467 e. The third-order valence-corrected chi connectivity index (χ3v) is 3.53. The summed E-state index contributed by atoms with van der Waals surface area (Å²) >= 11 is 0. The van der Waals surface area contributed by atoms with Gasteiger partial charge in [-0.2, -0.15) is 0 Å². The molecular formula is C12H22N2O3. The van der Waals surface area contributed by atoms with Crippen LogP contribution in [-0.4, -0.2) is 38.1 Å². The number of hydrogen-bond acceptors (Lipinski definition) is 4. The summed E-state index contributed by atoms with van der Waals surface area (Å²) in [6, 6.07) is -0.585. The smallest absolute Gasteiger partial charge is 0.328 e. The van der Waals surface area contributed by atoms with Crippen molar-refractivity contribution in [1.29, 1.82) is 0 Å². The van der Waals surface area contributed by atoms with E-state index in [-0.39, 0.29) is 11.3 Å². The highest BCUT2D eigenvalue weighted by atomic mass is 16.5. The molecular weight excluding hydrogens is 220 g/mol. The third kappa shape index (κ3) is 3.19. The maximum atomic E-state index is 12.2. The van der Waals surface area contributed by atoms with Crippen LogP contribution in [-0.2, 0) is 14.3 Å². The summed E-state index contributed by atoms with van der Waals surface area (Å²) in [4.78, 5) is 23.5. The van der Waals surface area contributed by atoms with Gasteiger partial charge in [-0.3, -0.25) is 4.79 Å². The molecule has 0 saturated carbocycles. The summed E-state index contributed by atoms with van der Waals surface area (Å²) < 4.78 is 4.60. The molecule has 5 heteroatoms. The van der Waals surface area contributed by atoms with Gasteiger partial charge in [0.05, 0.1) is 12.5 Å². The Kier molecular flexibility index (Phi) is 4.93. The van der Waals surface area contributed by atoms with E-state index in [9.17, 15) is 9.59 Å². The zero-order valence-electron chi connectivity index (χ0n) is 10.8. The zero-order chi connectivity index (χ0) is 12.9. The zero-order valence-corrected chi connectivity index (χ0v) is 10.8. The molecule has 2 atom stereocenters. The largest absolute Gasteiger partial charge is 0.467 e. The Morgan fingerprint density at radius 3 is 2.71 bits per heavy atom. The minimum atomic E-state index is -0.585. The second kappa shape index (κ2) is 6.00. The van der Waals surface area contributed by atoms with E-state index < -0.39 is 12.0 Å². The van der Waals surface area contributed by atoms with Crippen LogP contribution in [0.15, 0.2) is 0 Å². The van der Waals surface area contributed by atoms with Gasteiger partial charge in [-0.25, -0.2) is 4.79 Å². The van der Waals surface area contributed by atoms with Gasteiger partial charge >= 0.3 is 5.97 Å². The van der Waals surface area contributed by atoms with Crippen LogP contribution < -0.4 is 10.6 Å². The SMILES string of the molecule is CCC1(C(=O)N[C@@H](C)C(=O)OC)CCCNC1. The van der Waals surface area contributed by atoms with Crippen molar-refractivity contribution in [2.45, 2.75) is 39.2 Å². The van der Waals surface area contributed by atoms with Crippen molar-refractivity contribution < 1.29 is 14.3 Å². The molecule has 1 rings (SSSR count). The van der Waals surface area contributed by atoms with Gasteiger partial charge in [-0.05, 0) is 32.7 Å². The number of carbonyl (C=O) groups excluding carboxylic acids is 2. The first-order valence-electron chi connectivity index (χ1n) is 6.15. The molecule has 1 aliphatic heterocycles. The lowest BCUT2D eigenvalue weighted by molar-refractivity contribution is -0.146. The lowest BCUT2D eigenvalue weighted by Gasteiger charge is -2.36. The summed E-state index contributed by atoms with van der Waals surface area (Å²) in [5.74, 6) is -0.460. The van der Waals surface area contributed by atoms with Crippen LogP contribution in [0.3, 0.4) is 0 Å². The molecule has 5 nitrogen and oxygen atoms in total. The van der Waals surface area contributed by atoms with Gasteiger partial charge in [0.15, 0.2) is 0 Å². The van der Waals surface area contributed by atoms with Gasteiger partial charge in [0.1, 0.15) is 6.04 Å². The van der Waals surface area contributed by atoms with Crippen molar-refractivity contribution >= 4 is 11.9 Å². The van der Waals surface area contributed by atoms with Crippen molar-refractivity contribution in [1.82, 2.24) is 10.6 Å². The Labute approximate surface area is 102 Å². The quantitative estimate of drug-likeness (QED) is 0.702. The predicted molar refractivity (Wildman–Crippen MR) is 64.4 cm³/mol. The molecule has 0 aromatic carbocycles. The lowest BCUT2D eigenvalue weighted by Crippen LogP contribution is -2.53. The number of nitrogens with one attached hydrogen (secondary N) is 2. The Balaban J connectivity index is 2.63. The number of ether oxygens (including phenoxy) is 1. The van der Waals surface area contributed by atoms with Crippen molar-refractivity contribution in [3.05, 3.63) is 0 Å². The fourth-order valence-corrected chi connectivity index (χ4v) is 2.21. The third-order valence-electron chi connectivity index (χ3n) is 3.53. The van der Waals surface area contributed by atoms with Gasteiger partial charge in [-0.15, -0.1) is 0 Å². The van der Waals surface area contributed by atoms with Crippen LogP contribution in [0.4, 0.5) is 0 Å². The molecule has 17 heavy (non-hydrogen) atoms. The van der Waals surface area contributed by atoms with Crippen LogP contribution in [0, 0.1) is 5.41 Å². The Morgan fingerprint density at radius 2 is 2.24 bits per heavy atom. The highest BCUT2D eigenvalue weighted by Crippen LogP contribution is 2.30. The Morgan fingerprint density at radius 1 is 1.53 bits per heavy atom. The van der Waals surface area contributed by atoms with E-state index in [4.69, 9.17) is 0 Å². The number of rotatable bonds is 4. The van der Waals surface area contributed by atoms with Crippen LogP contribution in [0.2, 0.25) is 0 Å². The van der Waals surface area contributed by atoms with Gasteiger partial charge < -0.3 is 15.4 Å². The molecule has 1 fully saturated rings. The van der Waals surface area contributed by atoms with Crippen LogP contribution in [0.25, 0.3) is 0 Å². The standard InChI is InChI=1S/C12H22N2O3/c1-4-12(6-5-7-13-8-12)11(16)14-9(2)10(15)17-3/h9,13H,4-8H2,1-3H3,(H,14,16)/t9-,12?/m0/s1. The fourth-order valence-electron chi connectivity index (χ4n) is 2.21. The molecule has 0 bridgehead atoms. The topological polar surface area (TPSA) is 67.4 Å². The van der Waals surface area contributed by atoms with Crippen LogP contribution >= 0.6 is 0 Å². The van der Waals surface area contributed by atoms with Crippen molar-refractivity contribution in [2.75, 3.05) is 20.2 Å². The number of esters is 1. The maximum Gasteiger partial charge on any atom is 0.328 e. The van der Waals surface area contributed by atoms with E-state index in [1.165, 1.54) is 7.11 Å². The van der Waals surface area contributed by atoms with E-state index in [2.05, 4.69) is 15.4 Å². The van der Waals surface area contributed by atoms with E-state index in [0.717, 1.165) is 25.8 Å². The summed E-state index contributed by atoms with van der Waals surface area (Å²) in [5.41, 5.74) is -0.374. The molecule has 1 saturated heterocycles. The van der Waals surface area contributed by atoms with Gasteiger partial charge in [0, 0.05) is 6.54 Å². The lowest BCUT2D eigenvalue weighted by atomic mass is 9.77. The molecule has 1 amide bonds. The first kappa shape index (κ1) is 14.0. The van der Waals surface area contributed by atoms with Crippen molar-refractivity contribution in [2.24, 2.45) is 5.41 Å². The first-order chi connectivity index (χ1) is 8.05. The van der Waals surface area contributed by atoms with E-state index in [0.29, 0.717) is 6.54 Å². The van der Waals surface area contributed by atoms with Gasteiger partial charge in [-0.1, -0.05) is 6.92 Å². The number of carbonyl (C=O) groups is 2. The highest BCUT2D eigenvalue weighted by molar-refractivity contribution is 5.88. The summed E-state index contributed by atoms with van der Waals surface area (Å²) in [6.45, 7) is 5.30. The highest BCUT2D eigenvalue weighted by Gasteiger charge is 2.38. The first-order valence-corrected chi connectivity index (χ1v) is 6.15. The number of hydrogen-bond donors (Lipinski definition) is 2. The second-order valence-electron chi connectivity index (χ2n) is 4.63.